The van der Waals surface area contributed by atoms with Gasteiger partial charge in [-0.2, -0.15) is 0 Å². The van der Waals surface area contributed by atoms with Crippen LogP contribution in [0.5, 0.6) is 5.75 Å². The molecule has 1 N–H and O–H groups in total. The van der Waals surface area contributed by atoms with Crippen LogP contribution >= 0.6 is 0 Å². The van der Waals surface area contributed by atoms with Gasteiger partial charge in [-0.1, -0.05) is 19.1 Å². The highest BCUT2D eigenvalue weighted by Gasteiger charge is 2.25. The molecule has 1 fully saturated rings. The summed E-state index contributed by atoms with van der Waals surface area (Å²) in [4.78, 5) is 13.8. The van der Waals surface area contributed by atoms with Gasteiger partial charge in [-0.25, -0.2) is 0 Å². The summed E-state index contributed by atoms with van der Waals surface area (Å²) < 4.78 is 5.12. The SMILES string of the molecule is COc1ccc(C(C)CC(=O)N2CC[C@H](O)C2)cc1. The zero-order chi connectivity index (χ0) is 13.8. The first-order valence-electron chi connectivity index (χ1n) is 6.70. The average Bonchev–Trinajstić information content (AvgIpc) is 2.85. The summed E-state index contributed by atoms with van der Waals surface area (Å²) in [6, 6.07) is 7.82. The van der Waals surface area contributed by atoms with Crippen LogP contribution in [0, 0.1) is 0 Å². The normalized spacial score (nSPS) is 20.4. The van der Waals surface area contributed by atoms with Gasteiger partial charge < -0.3 is 14.7 Å². The fourth-order valence-corrected chi connectivity index (χ4v) is 2.41. The minimum Gasteiger partial charge on any atom is -0.497 e. The number of nitrogens with zero attached hydrogens (tertiary/aromatic N) is 1. The quantitative estimate of drug-likeness (QED) is 0.901. The molecule has 0 aromatic heterocycles. The molecule has 0 radical (unpaired) electrons. The van der Waals surface area contributed by atoms with Gasteiger partial charge in [0.25, 0.3) is 0 Å². The van der Waals surface area contributed by atoms with Crippen molar-refractivity contribution >= 4 is 5.91 Å². The van der Waals surface area contributed by atoms with Gasteiger partial charge in [-0.05, 0) is 30.0 Å². The minimum absolute atomic E-state index is 0.125. The Kier molecular flexibility index (Phi) is 4.43. The molecule has 0 saturated carbocycles. The predicted octanol–water partition coefficient (Wildman–Crippen LogP) is 1.78. The number of ether oxygens (including phenoxy) is 1. The number of benzene rings is 1. The standard InChI is InChI=1S/C15H21NO3/c1-11(12-3-5-14(19-2)6-4-12)9-15(18)16-8-7-13(17)10-16/h3-6,11,13,17H,7-10H2,1-2H3/t11?,13-/m0/s1. The van der Waals surface area contributed by atoms with E-state index in [1.165, 1.54) is 0 Å². The van der Waals surface area contributed by atoms with Crippen LogP contribution in [0.1, 0.15) is 31.2 Å². The van der Waals surface area contributed by atoms with E-state index in [0.29, 0.717) is 25.9 Å². The second kappa shape index (κ2) is 6.06. The summed E-state index contributed by atoms with van der Waals surface area (Å²) in [5, 5.41) is 9.45. The van der Waals surface area contributed by atoms with Crippen molar-refractivity contribution in [3.8, 4) is 5.75 Å². The van der Waals surface area contributed by atoms with E-state index in [4.69, 9.17) is 4.74 Å². The maximum atomic E-state index is 12.1. The molecule has 2 rings (SSSR count). The molecule has 1 saturated heterocycles. The van der Waals surface area contributed by atoms with E-state index in [2.05, 4.69) is 0 Å². The molecule has 0 aliphatic carbocycles. The number of methoxy groups -OCH3 is 1. The highest BCUT2D eigenvalue weighted by atomic mass is 16.5. The molecule has 1 heterocycles. The summed E-state index contributed by atoms with van der Waals surface area (Å²) in [5.74, 6) is 1.13. The van der Waals surface area contributed by atoms with E-state index in [-0.39, 0.29) is 17.9 Å². The molecule has 1 amide bonds. The van der Waals surface area contributed by atoms with Crippen LogP contribution in [0.4, 0.5) is 0 Å². The predicted molar refractivity (Wildman–Crippen MR) is 73.2 cm³/mol. The van der Waals surface area contributed by atoms with Crippen LogP contribution in [0.15, 0.2) is 24.3 Å². The smallest absolute Gasteiger partial charge is 0.223 e. The largest absolute Gasteiger partial charge is 0.497 e. The molecule has 4 heteroatoms. The molecule has 1 aliphatic rings. The summed E-state index contributed by atoms with van der Waals surface area (Å²) in [6.07, 6.45) is 0.835. The van der Waals surface area contributed by atoms with Gasteiger partial charge in [0.15, 0.2) is 0 Å². The van der Waals surface area contributed by atoms with Crippen molar-refractivity contribution in [1.82, 2.24) is 4.90 Å². The van der Waals surface area contributed by atoms with Crippen LogP contribution < -0.4 is 4.74 Å². The number of aliphatic hydroxyl groups excluding tert-OH is 1. The van der Waals surface area contributed by atoms with Crippen molar-refractivity contribution in [3.05, 3.63) is 29.8 Å². The Hall–Kier alpha value is -1.55. The van der Waals surface area contributed by atoms with E-state index >= 15 is 0 Å². The molecule has 0 spiro atoms. The van der Waals surface area contributed by atoms with Gasteiger partial charge in [-0.3, -0.25) is 4.79 Å². The zero-order valence-corrected chi connectivity index (χ0v) is 11.5. The monoisotopic (exact) mass is 263 g/mol. The number of hydrogen-bond donors (Lipinski definition) is 1. The lowest BCUT2D eigenvalue weighted by Gasteiger charge is -2.19. The molecule has 1 aliphatic heterocycles. The van der Waals surface area contributed by atoms with Crippen LogP contribution in [0.3, 0.4) is 0 Å². The molecule has 19 heavy (non-hydrogen) atoms. The van der Waals surface area contributed by atoms with Crippen LogP contribution in [0.2, 0.25) is 0 Å². The molecule has 1 aromatic carbocycles. The van der Waals surface area contributed by atoms with Crippen molar-refractivity contribution in [2.24, 2.45) is 0 Å². The van der Waals surface area contributed by atoms with Crippen molar-refractivity contribution in [3.63, 3.8) is 0 Å². The van der Waals surface area contributed by atoms with E-state index in [9.17, 15) is 9.90 Å². The second-order valence-electron chi connectivity index (χ2n) is 5.16. The molecule has 4 nitrogen and oxygen atoms in total. The third-order valence-corrected chi connectivity index (χ3v) is 3.68. The molecule has 2 atom stereocenters. The van der Waals surface area contributed by atoms with Crippen molar-refractivity contribution < 1.29 is 14.6 Å². The number of rotatable bonds is 4. The van der Waals surface area contributed by atoms with Gasteiger partial charge in [0.1, 0.15) is 5.75 Å². The van der Waals surface area contributed by atoms with Crippen LogP contribution in [0.25, 0.3) is 0 Å². The number of hydrogen-bond acceptors (Lipinski definition) is 3. The Morgan fingerprint density at radius 1 is 1.47 bits per heavy atom. The Bertz CT molecular complexity index is 430. The first-order chi connectivity index (χ1) is 9.10. The van der Waals surface area contributed by atoms with Crippen molar-refractivity contribution in [2.45, 2.75) is 31.8 Å². The number of amides is 1. The van der Waals surface area contributed by atoms with E-state index in [1.807, 2.05) is 31.2 Å². The van der Waals surface area contributed by atoms with Crippen LogP contribution in [-0.4, -0.2) is 42.2 Å². The Morgan fingerprint density at radius 3 is 2.68 bits per heavy atom. The highest BCUT2D eigenvalue weighted by molar-refractivity contribution is 5.77. The molecule has 1 unspecified atom stereocenters. The molecule has 104 valence electrons. The fraction of sp³-hybridized carbons (Fsp3) is 0.533. The number of β-amino-alcohol motifs (C(OH)–C–C–N with tert-alkyl or cyclic N) is 1. The first kappa shape index (κ1) is 13.9. The number of aliphatic hydroxyl groups is 1. The van der Waals surface area contributed by atoms with Gasteiger partial charge in [-0.15, -0.1) is 0 Å². The lowest BCUT2D eigenvalue weighted by atomic mass is 9.97. The van der Waals surface area contributed by atoms with E-state index in [0.717, 1.165) is 11.3 Å². The van der Waals surface area contributed by atoms with Gasteiger partial charge in [0.05, 0.1) is 13.2 Å². The first-order valence-corrected chi connectivity index (χ1v) is 6.70. The third kappa shape index (κ3) is 3.47. The van der Waals surface area contributed by atoms with Crippen LogP contribution in [-0.2, 0) is 4.79 Å². The fourth-order valence-electron chi connectivity index (χ4n) is 2.41. The molecular weight excluding hydrogens is 242 g/mol. The third-order valence-electron chi connectivity index (χ3n) is 3.68. The van der Waals surface area contributed by atoms with Crippen molar-refractivity contribution in [1.29, 1.82) is 0 Å². The number of carbonyl (C=O) groups is 1. The van der Waals surface area contributed by atoms with E-state index < -0.39 is 0 Å². The lowest BCUT2D eigenvalue weighted by Crippen LogP contribution is -2.30. The minimum atomic E-state index is -0.347. The Labute approximate surface area is 114 Å². The highest BCUT2D eigenvalue weighted by Crippen LogP contribution is 2.23. The number of carbonyl (C=O) groups excluding carboxylic acids is 1. The van der Waals surface area contributed by atoms with Gasteiger partial charge >= 0.3 is 0 Å². The number of likely N-dealkylation sites (tertiary alicyclic amines) is 1. The Balaban J connectivity index is 1.92. The van der Waals surface area contributed by atoms with Gasteiger partial charge in [0.2, 0.25) is 5.91 Å². The van der Waals surface area contributed by atoms with Gasteiger partial charge in [0, 0.05) is 19.5 Å². The van der Waals surface area contributed by atoms with E-state index in [1.54, 1.807) is 12.0 Å². The summed E-state index contributed by atoms with van der Waals surface area (Å²) in [5.41, 5.74) is 1.13. The molecular formula is C15H21NO3. The summed E-state index contributed by atoms with van der Waals surface area (Å²) >= 11 is 0. The molecule has 1 aromatic rings. The maximum Gasteiger partial charge on any atom is 0.223 e. The zero-order valence-electron chi connectivity index (χ0n) is 11.5. The second-order valence-corrected chi connectivity index (χ2v) is 5.16. The maximum absolute atomic E-state index is 12.1. The summed E-state index contributed by atoms with van der Waals surface area (Å²) in [7, 11) is 1.64. The van der Waals surface area contributed by atoms with Crippen molar-refractivity contribution in [2.75, 3.05) is 20.2 Å². The lowest BCUT2D eigenvalue weighted by molar-refractivity contribution is -0.130. The summed E-state index contributed by atoms with van der Waals surface area (Å²) in [6.45, 7) is 3.20. The topological polar surface area (TPSA) is 49.8 Å². The molecule has 0 bridgehead atoms. The average molecular weight is 263 g/mol. The Morgan fingerprint density at radius 2 is 2.16 bits per heavy atom.